The molecule has 0 radical (unpaired) electrons. The molecule has 0 aromatic heterocycles. The summed E-state index contributed by atoms with van der Waals surface area (Å²) in [4.78, 5) is 11.8. The summed E-state index contributed by atoms with van der Waals surface area (Å²) in [5, 5.41) is 0. The van der Waals surface area contributed by atoms with E-state index < -0.39 is 0 Å². The summed E-state index contributed by atoms with van der Waals surface area (Å²) in [7, 11) is 0. The van der Waals surface area contributed by atoms with Gasteiger partial charge in [0.2, 0.25) is 0 Å². The first-order chi connectivity index (χ1) is 8.06. The fraction of sp³-hybridized carbons (Fsp3) is 0.933. The molecule has 1 aliphatic carbocycles. The second-order valence-electron chi connectivity index (χ2n) is 5.87. The first kappa shape index (κ1) is 14.5. The van der Waals surface area contributed by atoms with Crippen LogP contribution in [0.4, 0.5) is 0 Å². The van der Waals surface area contributed by atoms with E-state index in [9.17, 15) is 4.79 Å². The molecule has 0 amide bonds. The van der Waals surface area contributed by atoms with Crippen LogP contribution in [0.5, 0.6) is 0 Å². The van der Waals surface area contributed by atoms with Crippen LogP contribution in [-0.4, -0.2) is 11.6 Å². The summed E-state index contributed by atoms with van der Waals surface area (Å²) < 4.78 is 5.68. The molecule has 0 bridgehead atoms. The quantitative estimate of drug-likeness (QED) is 0.506. The number of carbonyl (C=O) groups is 1. The maximum atomic E-state index is 11.8. The van der Waals surface area contributed by atoms with E-state index in [-0.39, 0.29) is 11.6 Å². The van der Waals surface area contributed by atoms with Gasteiger partial charge in [-0.05, 0) is 39.0 Å². The largest absolute Gasteiger partial charge is 0.459 e. The Hall–Kier alpha value is -0.530. The zero-order chi connectivity index (χ0) is 12.7. The van der Waals surface area contributed by atoms with Crippen molar-refractivity contribution < 1.29 is 9.53 Å². The van der Waals surface area contributed by atoms with Crippen molar-refractivity contribution in [1.29, 1.82) is 0 Å². The van der Waals surface area contributed by atoms with E-state index in [1.165, 1.54) is 32.1 Å². The van der Waals surface area contributed by atoms with Crippen molar-refractivity contribution in [3.8, 4) is 0 Å². The van der Waals surface area contributed by atoms with E-state index >= 15 is 0 Å². The minimum atomic E-state index is -0.260. The van der Waals surface area contributed by atoms with E-state index in [2.05, 4.69) is 20.8 Å². The van der Waals surface area contributed by atoms with Crippen LogP contribution in [0.1, 0.15) is 78.6 Å². The summed E-state index contributed by atoms with van der Waals surface area (Å²) in [5.74, 6) is 0.556. The van der Waals surface area contributed by atoms with Gasteiger partial charge < -0.3 is 4.74 Å². The maximum Gasteiger partial charge on any atom is 0.306 e. The van der Waals surface area contributed by atoms with E-state index in [0.29, 0.717) is 12.3 Å². The smallest absolute Gasteiger partial charge is 0.306 e. The third kappa shape index (κ3) is 5.10. The third-order valence-electron chi connectivity index (χ3n) is 3.95. The molecule has 1 aliphatic rings. The maximum absolute atomic E-state index is 11.8. The van der Waals surface area contributed by atoms with Gasteiger partial charge in [-0.15, -0.1) is 0 Å². The van der Waals surface area contributed by atoms with Gasteiger partial charge in [-0.1, -0.05) is 39.0 Å². The summed E-state index contributed by atoms with van der Waals surface area (Å²) in [6.07, 6.45) is 10.2. The highest BCUT2D eigenvalue weighted by molar-refractivity contribution is 5.69. The Bertz CT molecular complexity index is 227. The summed E-state index contributed by atoms with van der Waals surface area (Å²) in [6, 6.07) is 0. The second kappa shape index (κ2) is 7.03. The Morgan fingerprint density at radius 3 is 2.41 bits per heavy atom. The molecule has 0 aliphatic heterocycles. The average Bonchev–Trinajstić information content (AvgIpc) is 2.30. The van der Waals surface area contributed by atoms with Crippen molar-refractivity contribution in [1.82, 2.24) is 0 Å². The van der Waals surface area contributed by atoms with E-state index in [4.69, 9.17) is 4.74 Å². The number of ether oxygens (including phenoxy) is 1. The predicted molar refractivity (Wildman–Crippen MR) is 70.9 cm³/mol. The second-order valence-corrected chi connectivity index (χ2v) is 5.87. The Morgan fingerprint density at radius 2 is 1.82 bits per heavy atom. The molecule has 0 unspecified atom stereocenters. The van der Waals surface area contributed by atoms with Gasteiger partial charge in [0.1, 0.15) is 5.60 Å². The molecule has 0 heterocycles. The fourth-order valence-corrected chi connectivity index (χ4v) is 2.74. The monoisotopic (exact) mass is 240 g/mol. The Balaban J connectivity index is 2.33. The zero-order valence-corrected chi connectivity index (χ0v) is 11.8. The molecule has 1 rings (SSSR count). The third-order valence-corrected chi connectivity index (χ3v) is 3.95. The topological polar surface area (TPSA) is 26.3 Å². The van der Waals surface area contributed by atoms with Gasteiger partial charge in [-0.3, -0.25) is 4.79 Å². The Labute approximate surface area is 106 Å². The molecular formula is C15H28O2. The van der Waals surface area contributed by atoms with Crippen molar-refractivity contribution in [2.24, 2.45) is 5.92 Å². The molecule has 2 nitrogen and oxygen atoms in total. The number of carbonyl (C=O) groups excluding carboxylic acids is 1. The molecule has 0 aromatic rings. The molecule has 0 aromatic carbocycles. The molecular weight excluding hydrogens is 212 g/mol. The lowest BCUT2D eigenvalue weighted by molar-refractivity contribution is -0.163. The van der Waals surface area contributed by atoms with Crippen LogP contribution >= 0.6 is 0 Å². The number of esters is 1. The van der Waals surface area contributed by atoms with Gasteiger partial charge in [0.15, 0.2) is 0 Å². The van der Waals surface area contributed by atoms with E-state index in [1.807, 2.05) is 0 Å². The number of unbranched alkanes of at least 4 members (excludes halogenated alkanes) is 2. The van der Waals surface area contributed by atoms with Crippen molar-refractivity contribution in [2.45, 2.75) is 84.2 Å². The van der Waals surface area contributed by atoms with Crippen LogP contribution in [0.25, 0.3) is 0 Å². The van der Waals surface area contributed by atoms with Crippen LogP contribution in [0.15, 0.2) is 0 Å². The van der Waals surface area contributed by atoms with E-state index in [1.54, 1.807) is 0 Å². The van der Waals surface area contributed by atoms with Gasteiger partial charge in [-0.25, -0.2) is 0 Å². The Kier molecular flexibility index (Phi) is 6.01. The normalized spacial score (nSPS) is 18.1. The minimum Gasteiger partial charge on any atom is -0.459 e. The lowest BCUT2D eigenvalue weighted by Gasteiger charge is -2.36. The average molecular weight is 240 g/mol. The highest BCUT2D eigenvalue weighted by Gasteiger charge is 2.33. The standard InChI is InChI=1S/C15H28O2/c1-4-5-7-12-14(16)17-15(2,3)13-10-8-6-9-11-13/h13H,4-12H2,1-3H3. The van der Waals surface area contributed by atoms with Crippen LogP contribution in [0, 0.1) is 5.92 Å². The molecule has 100 valence electrons. The summed E-state index contributed by atoms with van der Waals surface area (Å²) >= 11 is 0. The van der Waals surface area contributed by atoms with Crippen LogP contribution in [-0.2, 0) is 9.53 Å². The minimum absolute atomic E-state index is 0.00553. The van der Waals surface area contributed by atoms with Crippen molar-refractivity contribution in [3.05, 3.63) is 0 Å². The molecule has 0 atom stereocenters. The van der Waals surface area contributed by atoms with Gasteiger partial charge >= 0.3 is 5.97 Å². The number of hydrogen-bond acceptors (Lipinski definition) is 2. The zero-order valence-electron chi connectivity index (χ0n) is 11.8. The van der Waals surface area contributed by atoms with Gasteiger partial charge in [0.05, 0.1) is 0 Å². The van der Waals surface area contributed by atoms with Crippen molar-refractivity contribution in [2.75, 3.05) is 0 Å². The lowest BCUT2D eigenvalue weighted by Crippen LogP contribution is -2.37. The molecule has 17 heavy (non-hydrogen) atoms. The molecule has 2 heteroatoms. The predicted octanol–water partition coefficient (Wildman–Crippen LogP) is 4.47. The van der Waals surface area contributed by atoms with Crippen molar-refractivity contribution in [3.63, 3.8) is 0 Å². The Morgan fingerprint density at radius 1 is 1.18 bits per heavy atom. The first-order valence-corrected chi connectivity index (χ1v) is 7.28. The fourth-order valence-electron chi connectivity index (χ4n) is 2.74. The summed E-state index contributed by atoms with van der Waals surface area (Å²) in [5.41, 5.74) is -0.260. The van der Waals surface area contributed by atoms with Crippen LogP contribution in [0.3, 0.4) is 0 Å². The van der Waals surface area contributed by atoms with Gasteiger partial charge in [-0.2, -0.15) is 0 Å². The van der Waals surface area contributed by atoms with Crippen LogP contribution in [0.2, 0.25) is 0 Å². The molecule has 1 fully saturated rings. The highest BCUT2D eigenvalue weighted by Crippen LogP contribution is 2.34. The molecule has 0 saturated heterocycles. The van der Waals surface area contributed by atoms with Crippen LogP contribution < -0.4 is 0 Å². The van der Waals surface area contributed by atoms with Crippen molar-refractivity contribution >= 4 is 5.97 Å². The highest BCUT2D eigenvalue weighted by atomic mass is 16.6. The van der Waals surface area contributed by atoms with Gasteiger partial charge in [0, 0.05) is 6.42 Å². The summed E-state index contributed by atoms with van der Waals surface area (Å²) in [6.45, 7) is 6.32. The first-order valence-electron chi connectivity index (χ1n) is 7.28. The molecule has 0 spiro atoms. The van der Waals surface area contributed by atoms with E-state index in [0.717, 1.165) is 19.3 Å². The SMILES string of the molecule is CCCCCC(=O)OC(C)(C)C1CCCCC1. The lowest BCUT2D eigenvalue weighted by atomic mass is 9.79. The molecule has 1 saturated carbocycles. The number of rotatable bonds is 6. The number of hydrogen-bond donors (Lipinski definition) is 0. The van der Waals surface area contributed by atoms with Gasteiger partial charge in [0.25, 0.3) is 0 Å². The molecule has 0 N–H and O–H groups in total.